The quantitative estimate of drug-likeness (QED) is 0.849. The summed E-state index contributed by atoms with van der Waals surface area (Å²) in [6.45, 7) is 7.06. The van der Waals surface area contributed by atoms with Crippen LogP contribution in [0.4, 0.5) is 14.9 Å². The molecule has 1 fully saturated rings. The van der Waals surface area contributed by atoms with Crippen molar-refractivity contribution in [2.24, 2.45) is 5.92 Å². The van der Waals surface area contributed by atoms with Gasteiger partial charge in [-0.15, -0.1) is 0 Å². The molecule has 1 aromatic heterocycles. The summed E-state index contributed by atoms with van der Waals surface area (Å²) in [6, 6.07) is 7.29. The number of rotatable bonds is 2. The van der Waals surface area contributed by atoms with Crippen LogP contribution in [0.3, 0.4) is 0 Å². The van der Waals surface area contributed by atoms with E-state index in [1.807, 2.05) is 30.0 Å². The Bertz CT molecular complexity index is 777. The van der Waals surface area contributed by atoms with E-state index in [2.05, 4.69) is 24.1 Å². The van der Waals surface area contributed by atoms with Gasteiger partial charge in [0.2, 0.25) is 0 Å². The van der Waals surface area contributed by atoms with Gasteiger partial charge in [-0.3, -0.25) is 4.98 Å². The van der Waals surface area contributed by atoms with Crippen molar-refractivity contribution in [1.82, 2.24) is 9.88 Å². The van der Waals surface area contributed by atoms with Crippen molar-refractivity contribution < 1.29 is 9.18 Å². The van der Waals surface area contributed by atoms with E-state index in [-0.39, 0.29) is 17.9 Å². The van der Waals surface area contributed by atoms with E-state index in [1.165, 1.54) is 12.3 Å². The van der Waals surface area contributed by atoms with E-state index in [0.29, 0.717) is 17.2 Å². The molecular weight excluding hydrogens is 317 g/mol. The Labute approximate surface area is 148 Å². The smallest absolute Gasteiger partial charge is 0.322 e. The Kier molecular flexibility index (Phi) is 5.02. The molecule has 1 unspecified atom stereocenters. The first kappa shape index (κ1) is 17.4. The first-order chi connectivity index (χ1) is 11.9. The lowest BCUT2D eigenvalue weighted by Crippen LogP contribution is -2.46. The minimum absolute atomic E-state index is 0.0772. The average molecular weight is 341 g/mol. The average Bonchev–Trinajstić information content (AvgIpc) is 2.56. The number of carbonyl (C=O) groups excluding carboxylic acids is 1. The molecule has 4 nitrogen and oxygen atoms in total. The molecule has 2 amide bonds. The normalized spacial score (nSPS) is 20.4. The number of nitrogens with zero attached hydrogens (tertiary/aromatic N) is 2. The highest BCUT2D eigenvalue weighted by Crippen LogP contribution is 2.28. The summed E-state index contributed by atoms with van der Waals surface area (Å²) in [6.07, 6.45) is 4.88. The molecular formula is C20H24FN3O. The van der Waals surface area contributed by atoms with Crippen molar-refractivity contribution in [3.63, 3.8) is 0 Å². The molecule has 0 radical (unpaired) electrons. The molecule has 3 rings (SSSR count). The number of carbonyl (C=O) groups is 1. The van der Waals surface area contributed by atoms with E-state index >= 15 is 0 Å². The lowest BCUT2D eigenvalue weighted by atomic mass is 9.94. The zero-order valence-electron chi connectivity index (χ0n) is 14.9. The van der Waals surface area contributed by atoms with Crippen molar-refractivity contribution in [3.05, 3.63) is 48.0 Å². The molecule has 1 N–H and O–H groups in total. The molecule has 0 saturated carbocycles. The van der Waals surface area contributed by atoms with Crippen molar-refractivity contribution in [2.75, 3.05) is 11.9 Å². The molecule has 2 heterocycles. The minimum Gasteiger partial charge on any atom is -0.322 e. The van der Waals surface area contributed by atoms with Crippen LogP contribution in [0.2, 0.25) is 0 Å². The number of urea groups is 1. The Morgan fingerprint density at radius 2 is 2.08 bits per heavy atom. The van der Waals surface area contributed by atoms with Crippen molar-refractivity contribution in [1.29, 1.82) is 0 Å². The van der Waals surface area contributed by atoms with Crippen molar-refractivity contribution in [2.45, 2.75) is 39.7 Å². The number of nitrogens with one attached hydrogen (secondary N) is 1. The molecule has 1 saturated heterocycles. The van der Waals surface area contributed by atoms with Crippen molar-refractivity contribution in [3.8, 4) is 11.1 Å². The summed E-state index contributed by atoms with van der Waals surface area (Å²) in [5, 5.41) is 2.98. The van der Waals surface area contributed by atoms with Crippen LogP contribution in [0.25, 0.3) is 11.1 Å². The van der Waals surface area contributed by atoms with E-state index in [4.69, 9.17) is 0 Å². The maximum Gasteiger partial charge on any atom is 0.322 e. The highest BCUT2D eigenvalue weighted by atomic mass is 19.1. The highest BCUT2D eigenvalue weighted by molar-refractivity contribution is 5.90. The van der Waals surface area contributed by atoms with Gasteiger partial charge in [-0.1, -0.05) is 13.0 Å². The number of aryl methyl sites for hydroxylation is 1. The topological polar surface area (TPSA) is 45.2 Å². The van der Waals surface area contributed by atoms with Crippen LogP contribution >= 0.6 is 0 Å². The van der Waals surface area contributed by atoms with Crippen LogP contribution in [-0.2, 0) is 0 Å². The monoisotopic (exact) mass is 341 g/mol. The number of aromatic nitrogens is 1. The number of amides is 2. The second-order valence-electron chi connectivity index (χ2n) is 7.02. The zero-order chi connectivity index (χ0) is 18.0. The molecule has 0 aliphatic carbocycles. The Balaban J connectivity index is 1.79. The molecule has 1 aromatic carbocycles. The van der Waals surface area contributed by atoms with E-state index < -0.39 is 0 Å². The molecule has 0 bridgehead atoms. The van der Waals surface area contributed by atoms with E-state index in [0.717, 1.165) is 30.5 Å². The second kappa shape index (κ2) is 7.21. The third-order valence-electron chi connectivity index (χ3n) is 4.90. The summed E-state index contributed by atoms with van der Waals surface area (Å²) in [7, 11) is 0. The maximum absolute atomic E-state index is 13.5. The van der Waals surface area contributed by atoms with Crippen LogP contribution in [0.15, 0.2) is 36.7 Å². The largest absolute Gasteiger partial charge is 0.322 e. The first-order valence-electron chi connectivity index (χ1n) is 8.73. The number of hydrogen-bond acceptors (Lipinski definition) is 2. The van der Waals surface area contributed by atoms with Gasteiger partial charge < -0.3 is 10.2 Å². The fraction of sp³-hybridized carbons (Fsp3) is 0.400. The van der Waals surface area contributed by atoms with Gasteiger partial charge in [-0.05, 0) is 61.9 Å². The number of likely N-dealkylation sites (tertiary alicyclic amines) is 1. The molecule has 2 aromatic rings. The molecule has 0 spiro atoms. The van der Waals surface area contributed by atoms with Gasteiger partial charge in [0, 0.05) is 30.0 Å². The number of anilines is 1. The van der Waals surface area contributed by atoms with Crippen LogP contribution in [0.1, 0.15) is 32.3 Å². The molecule has 25 heavy (non-hydrogen) atoms. The number of hydrogen-bond donors (Lipinski definition) is 1. The van der Waals surface area contributed by atoms with Crippen LogP contribution < -0.4 is 5.32 Å². The van der Waals surface area contributed by atoms with E-state index in [1.54, 1.807) is 6.20 Å². The van der Waals surface area contributed by atoms with Crippen LogP contribution in [0, 0.1) is 18.7 Å². The number of benzene rings is 1. The number of halogens is 1. The standard InChI is InChI=1S/C20H24FN3O/c1-13-6-7-24(15(3)8-13)20(25)23-18-5-4-14(2)19(10-18)16-9-17(21)12-22-11-16/h4-5,9-13,15H,6-8H2,1-3H3,(H,23,25)/t13?,15-/m1/s1. The fourth-order valence-electron chi connectivity index (χ4n) is 3.47. The van der Waals surface area contributed by atoms with Gasteiger partial charge in [-0.2, -0.15) is 0 Å². The first-order valence-corrected chi connectivity index (χ1v) is 8.73. The summed E-state index contributed by atoms with van der Waals surface area (Å²) in [5.41, 5.74) is 3.28. The predicted molar refractivity (Wildman–Crippen MR) is 98.0 cm³/mol. The minimum atomic E-state index is -0.373. The lowest BCUT2D eigenvalue weighted by molar-refractivity contribution is 0.150. The van der Waals surface area contributed by atoms with Gasteiger partial charge in [0.15, 0.2) is 0 Å². The summed E-state index contributed by atoms with van der Waals surface area (Å²) in [5.74, 6) is 0.285. The van der Waals surface area contributed by atoms with Crippen molar-refractivity contribution >= 4 is 11.7 Å². The Hall–Kier alpha value is -2.43. The highest BCUT2D eigenvalue weighted by Gasteiger charge is 2.26. The fourth-order valence-corrected chi connectivity index (χ4v) is 3.47. The lowest BCUT2D eigenvalue weighted by Gasteiger charge is -2.36. The summed E-state index contributed by atoms with van der Waals surface area (Å²) in [4.78, 5) is 18.4. The van der Waals surface area contributed by atoms with Crippen LogP contribution in [0.5, 0.6) is 0 Å². The number of piperidine rings is 1. The zero-order valence-corrected chi connectivity index (χ0v) is 14.9. The van der Waals surface area contributed by atoms with Gasteiger partial charge in [-0.25, -0.2) is 9.18 Å². The molecule has 132 valence electrons. The summed E-state index contributed by atoms with van der Waals surface area (Å²) >= 11 is 0. The Morgan fingerprint density at radius 1 is 1.28 bits per heavy atom. The maximum atomic E-state index is 13.5. The molecule has 2 atom stereocenters. The second-order valence-corrected chi connectivity index (χ2v) is 7.02. The van der Waals surface area contributed by atoms with Crippen LogP contribution in [-0.4, -0.2) is 28.5 Å². The number of pyridine rings is 1. The summed E-state index contributed by atoms with van der Waals surface area (Å²) < 4.78 is 13.5. The molecule has 5 heteroatoms. The van der Waals surface area contributed by atoms with Gasteiger partial charge >= 0.3 is 6.03 Å². The molecule has 1 aliphatic heterocycles. The van der Waals surface area contributed by atoms with E-state index in [9.17, 15) is 9.18 Å². The third-order valence-corrected chi connectivity index (χ3v) is 4.90. The Morgan fingerprint density at radius 3 is 2.80 bits per heavy atom. The van der Waals surface area contributed by atoms with Gasteiger partial charge in [0.05, 0.1) is 6.20 Å². The third kappa shape index (κ3) is 3.98. The predicted octanol–water partition coefficient (Wildman–Crippen LogP) is 4.85. The van der Waals surface area contributed by atoms with Gasteiger partial charge in [0.1, 0.15) is 5.82 Å². The van der Waals surface area contributed by atoms with Gasteiger partial charge in [0.25, 0.3) is 0 Å². The SMILES string of the molecule is Cc1ccc(NC(=O)N2CCC(C)C[C@H]2C)cc1-c1cncc(F)c1. The molecule has 1 aliphatic rings.